The zero-order chi connectivity index (χ0) is 15.5. The van der Waals surface area contributed by atoms with Gasteiger partial charge in [-0.05, 0) is 24.1 Å². The van der Waals surface area contributed by atoms with E-state index in [-0.39, 0.29) is 12.0 Å². The van der Waals surface area contributed by atoms with Crippen LogP contribution in [0.1, 0.15) is 6.42 Å². The molecule has 7 heteroatoms. The summed E-state index contributed by atoms with van der Waals surface area (Å²) in [6.07, 6.45) is 2.17. The summed E-state index contributed by atoms with van der Waals surface area (Å²) in [5.74, 6) is -0.323. The van der Waals surface area contributed by atoms with E-state index >= 15 is 0 Å². The Kier molecular flexibility index (Phi) is 3.80. The first-order valence-corrected chi connectivity index (χ1v) is 6.97. The van der Waals surface area contributed by atoms with Crippen molar-refractivity contribution in [3.8, 4) is 0 Å². The first kappa shape index (κ1) is 14.2. The van der Waals surface area contributed by atoms with Gasteiger partial charge in [-0.25, -0.2) is 4.79 Å². The van der Waals surface area contributed by atoms with Crippen LogP contribution in [0.4, 0.5) is 5.69 Å². The number of benzene rings is 1. The van der Waals surface area contributed by atoms with Crippen LogP contribution in [0.5, 0.6) is 0 Å². The summed E-state index contributed by atoms with van der Waals surface area (Å²) in [6, 6.07) is 8.91. The molecular formula is C15H15N5O2. The molecule has 1 aromatic heterocycles. The molecule has 0 aliphatic carbocycles. The molecule has 0 amide bonds. The fourth-order valence-corrected chi connectivity index (χ4v) is 2.93. The molecule has 0 saturated carbocycles. The van der Waals surface area contributed by atoms with E-state index in [0.29, 0.717) is 13.0 Å². The van der Waals surface area contributed by atoms with Gasteiger partial charge in [-0.15, -0.1) is 0 Å². The molecule has 112 valence electrons. The average molecular weight is 297 g/mol. The number of carbonyl (C=O) groups excluding carboxylic acids is 1. The molecule has 0 spiro atoms. The molecule has 3 rings (SSSR count). The second kappa shape index (κ2) is 5.91. The number of ether oxygens (including phenoxy) is 1. The van der Waals surface area contributed by atoms with Crippen molar-refractivity contribution in [1.82, 2.24) is 4.98 Å². The number of azide groups is 1. The molecule has 22 heavy (non-hydrogen) atoms. The fraction of sp³-hybridized carbons (Fsp3) is 0.333. The number of methoxy groups -OCH3 is 1. The third kappa shape index (κ3) is 2.42. The van der Waals surface area contributed by atoms with Crippen LogP contribution in [0.2, 0.25) is 0 Å². The van der Waals surface area contributed by atoms with Gasteiger partial charge in [0.25, 0.3) is 0 Å². The van der Waals surface area contributed by atoms with Crippen molar-refractivity contribution in [1.29, 1.82) is 0 Å². The predicted octanol–water partition coefficient (Wildman–Crippen LogP) is 2.67. The van der Waals surface area contributed by atoms with Crippen molar-refractivity contribution in [3.05, 3.63) is 47.0 Å². The topological polar surface area (TPSA) is 91.2 Å². The van der Waals surface area contributed by atoms with Gasteiger partial charge < -0.3 is 9.64 Å². The molecule has 1 saturated heterocycles. The highest BCUT2D eigenvalue weighted by Crippen LogP contribution is 2.32. The van der Waals surface area contributed by atoms with Crippen molar-refractivity contribution in [3.63, 3.8) is 0 Å². The Morgan fingerprint density at radius 1 is 1.45 bits per heavy atom. The summed E-state index contributed by atoms with van der Waals surface area (Å²) in [6.45, 7) is 0.484. The Labute approximate surface area is 127 Å². The lowest BCUT2D eigenvalue weighted by Crippen LogP contribution is -2.37. The van der Waals surface area contributed by atoms with Gasteiger partial charge in [-0.2, -0.15) is 0 Å². The Hall–Kier alpha value is -2.79. The zero-order valence-corrected chi connectivity index (χ0v) is 12.1. The number of anilines is 1. The second-order valence-corrected chi connectivity index (χ2v) is 5.13. The summed E-state index contributed by atoms with van der Waals surface area (Å²) in [5, 5.41) is 4.72. The number of pyridine rings is 1. The van der Waals surface area contributed by atoms with Crippen molar-refractivity contribution in [2.75, 3.05) is 18.6 Å². The van der Waals surface area contributed by atoms with Gasteiger partial charge >= 0.3 is 5.97 Å². The van der Waals surface area contributed by atoms with Gasteiger partial charge in [-0.1, -0.05) is 23.3 Å². The van der Waals surface area contributed by atoms with Crippen LogP contribution in [-0.2, 0) is 9.53 Å². The first-order valence-electron chi connectivity index (χ1n) is 6.97. The van der Waals surface area contributed by atoms with Gasteiger partial charge in [-0.3, -0.25) is 4.98 Å². The standard InChI is InChI=1S/C15H15N5O2/c1-22-15(21)14-8-10(18-19-16)9-20(14)13-6-7-17-12-5-3-2-4-11(12)13/h2-7,10,14H,8-9H2,1H3/t10-,14-/m0/s1. The largest absolute Gasteiger partial charge is 0.467 e. The van der Waals surface area contributed by atoms with E-state index in [1.54, 1.807) is 6.20 Å². The maximum absolute atomic E-state index is 12.1. The Balaban J connectivity index is 2.06. The lowest BCUT2D eigenvalue weighted by atomic mass is 10.1. The average Bonchev–Trinajstić information content (AvgIpc) is 2.97. The van der Waals surface area contributed by atoms with Crippen LogP contribution in [0.25, 0.3) is 21.3 Å². The highest BCUT2D eigenvalue weighted by molar-refractivity contribution is 5.94. The van der Waals surface area contributed by atoms with Crippen molar-refractivity contribution < 1.29 is 9.53 Å². The molecule has 1 aliphatic heterocycles. The van der Waals surface area contributed by atoms with Crippen LogP contribution >= 0.6 is 0 Å². The lowest BCUT2D eigenvalue weighted by molar-refractivity contribution is -0.141. The molecule has 0 N–H and O–H groups in total. The van der Waals surface area contributed by atoms with Gasteiger partial charge in [0.1, 0.15) is 6.04 Å². The molecule has 0 radical (unpaired) electrons. The summed E-state index contributed by atoms with van der Waals surface area (Å²) >= 11 is 0. The molecule has 2 atom stereocenters. The van der Waals surface area contributed by atoms with Crippen LogP contribution < -0.4 is 4.90 Å². The molecule has 1 aromatic carbocycles. The minimum Gasteiger partial charge on any atom is -0.467 e. The SMILES string of the molecule is COC(=O)[C@@H]1C[C@H](N=[N+]=[N-])CN1c1ccnc2ccccc12. The molecule has 7 nitrogen and oxygen atoms in total. The summed E-state index contributed by atoms with van der Waals surface area (Å²) in [5.41, 5.74) is 10.4. The summed E-state index contributed by atoms with van der Waals surface area (Å²) in [4.78, 5) is 21.2. The third-order valence-corrected chi connectivity index (χ3v) is 3.90. The lowest BCUT2D eigenvalue weighted by Gasteiger charge is -2.25. The number of hydrogen-bond acceptors (Lipinski definition) is 5. The molecule has 1 fully saturated rings. The molecule has 1 aliphatic rings. The highest BCUT2D eigenvalue weighted by Gasteiger charge is 2.37. The summed E-state index contributed by atoms with van der Waals surface area (Å²) < 4.78 is 4.89. The van der Waals surface area contributed by atoms with Crippen molar-refractivity contribution >= 4 is 22.6 Å². The number of fused-ring (bicyclic) bond motifs is 1. The van der Waals surface area contributed by atoms with Crippen LogP contribution in [-0.4, -0.2) is 36.7 Å². The number of nitrogens with zero attached hydrogens (tertiary/aromatic N) is 5. The first-order chi connectivity index (χ1) is 10.7. The molecule has 0 unspecified atom stereocenters. The van der Waals surface area contributed by atoms with Crippen LogP contribution in [0, 0.1) is 0 Å². The predicted molar refractivity (Wildman–Crippen MR) is 82.4 cm³/mol. The number of para-hydroxylation sites is 1. The quantitative estimate of drug-likeness (QED) is 0.377. The smallest absolute Gasteiger partial charge is 0.328 e. The van der Waals surface area contributed by atoms with Gasteiger partial charge in [0.15, 0.2) is 0 Å². The van der Waals surface area contributed by atoms with Crippen molar-refractivity contribution in [2.24, 2.45) is 5.11 Å². The van der Waals surface area contributed by atoms with Crippen molar-refractivity contribution in [2.45, 2.75) is 18.5 Å². The Morgan fingerprint density at radius 2 is 2.27 bits per heavy atom. The number of rotatable bonds is 3. The number of esters is 1. The molecule has 2 aromatic rings. The van der Waals surface area contributed by atoms with E-state index in [1.165, 1.54) is 7.11 Å². The zero-order valence-electron chi connectivity index (χ0n) is 12.1. The van der Waals surface area contributed by atoms with E-state index < -0.39 is 6.04 Å². The summed E-state index contributed by atoms with van der Waals surface area (Å²) in [7, 11) is 1.37. The molecular weight excluding hydrogens is 282 g/mol. The molecule has 0 bridgehead atoms. The van der Waals surface area contributed by atoms with Gasteiger partial charge in [0.05, 0.1) is 18.7 Å². The maximum atomic E-state index is 12.1. The Morgan fingerprint density at radius 3 is 3.05 bits per heavy atom. The van der Waals surface area contributed by atoms with E-state index in [4.69, 9.17) is 10.3 Å². The van der Waals surface area contributed by atoms with Crippen LogP contribution in [0.15, 0.2) is 41.6 Å². The number of carbonyl (C=O) groups is 1. The number of aromatic nitrogens is 1. The van der Waals surface area contributed by atoms with E-state index in [0.717, 1.165) is 16.6 Å². The maximum Gasteiger partial charge on any atom is 0.328 e. The third-order valence-electron chi connectivity index (χ3n) is 3.90. The fourth-order valence-electron chi connectivity index (χ4n) is 2.93. The molecule has 2 heterocycles. The minimum absolute atomic E-state index is 0.249. The minimum atomic E-state index is -0.452. The van der Waals surface area contributed by atoms with Crippen LogP contribution in [0.3, 0.4) is 0 Å². The van der Waals surface area contributed by atoms with Gasteiger partial charge in [0.2, 0.25) is 0 Å². The normalized spacial score (nSPS) is 20.7. The van der Waals surface area contributed by atoms with Gasteiger partial charge in [0, 0.05) is 28.7 Å². The highest BCUT2D eigenvalue weighted by atomic mass is 16.5. The number of hydrogen-bond donors (Lipinski definition) is 0. The van der Waals surface area contributed by atoms with E-state index in [1.807, 2.05) is 35.2 Å². The second-order valence-electron chi connectivity index (χ2n) is 5.13. The van der Waals surface area contributed by atoms with E-state index in [9.17, 15) is 4.79 Å². The van der Waals surface area contributed by atoms with E-state index in [2.05, 4.69) is 15.0 Å². The Bertz CT molecular complexity index is 751. The monoisotopic (exact) mass is 297 g/mol.